The minimum Gasteiger partial charge on any atom is -0.481 e. The van der Waals surface area contributed by atoms with Gasteiger partial charge in [-0.3, -0.25) is 4.79 Å². The van der Waals surface area contributed by atoms with Crippen molar-refractivity contribution in [3.8, 4) is 0 Å². The number of carboxylic acid groups (broad SMARTS) is 1. The molecule has 0 saturated carbocycles. The first-order valence-corrected chi connectivity index (χ1v) is 6.62. The molecule has 0 aliphatic rings. The van der Waals surface area contributed by atoms with Gasteiger partial charge in [0.2, 0.25) is 0 Å². The van der Waals surface area contributed by atoms with Crippen molar-refractivity contribution < 1.29 is 9.90 Å². The summed E-state index contributed by atoms with van der Waals surface area (Å²) in [6, 6.07) is 8.29. The van der Waals surface area contributed by atoms with Gasteiger partial charge in [0, 0.05) is 30.1 Å². The van der Waals surface area contributed by atoms with Crippen LogP contribution in [0.25, 0.3) is 10.9 Å². The van der Waals surface area contributed by atoms with Gasteiger partial charge in [-0.2, -0.15) is 0 Å². The van der Waals surface area contributed by atoms with Gasteiger partial charge >= 0.3 is 5.97 Å². The molecule has 2 N–H and O–H groups in total. The summed E-state index contributed by atoms with van der Waals surface area (Å²) in [4.78, 5) is 15.9. The normalized spacial score (nSPS) is 11.3. The molecule has 102 valence electrons. The molecule has 1 heterocycles. The van der Waals surface area contributed by atoms with Crippen molar-refractivity contribution in [2.75, 3.05) is 20.1 Å². The second-order valence-electron chi connectivity index (χ2n) is 4.91. The minimum atomic E-state index is -0.718. The van der Waals surface area contributed by atoms with Gasteiger partial charge < -0.3 is 15.0 Å². The molecule has 0 unspecified atom stereocenters. The number of aromatic amines is 1. The van der Waals surface area contributed by atoms with Crippen LogP contribution in [-0.4, -0.2) is 41.1 Å². The number of H-pyrrole nitrogens is 1. The Kier molecular flexibility index (Phi) is 4.58. The fourth-order valence-corrected chi connectivity index (χ4v) is 2.26. The lowest BCUT2D eigenvalue weighted by atomic mass is 10.1. The molecule has 4 nitrogen and oxygen atoms in total. The molecule has 19 heavy (non-hydrogen) atoms. The van der Waals surface area contributed by atoms with Crippen molar-refractivity contribution >= 4 is 16.9 Å². The summed E-state index contributed by atoms with van der Waals surface area (Å²) in [5.74, 6) is -0.718. The number of nitrogens with one attached hydrogen (secondary N) is 1. The first-order chi connectivity index (χ1) is 9.16. The van der Waals surface area contributed by atoms with Crippen molar-refractivity contribution in [2.24, 2.45) is 0 Å². The maximum Gasteiger partial charge on any atom is 0.303 e. The highest BCUT2D eigenvalue weighted by atomic mass is 16.4. The molecule has 0 radical (unpaired) electrons. The van der Waals surface area contributed by atoms with Crippen LogP contribution in [0.3, 0.4) is 0 Å². The van der Waals surface area contributed by atoms with Gasteiger partial charge in [0.1, 0.15) is 0 Å². The first-order valence-electron chi connectivity index (χ1n) is 6.62. The molecule has 0 bridgehead atoms. The van der Waals surface area contributed by atoms with E-state index in [0.29, 0.717) is 6.42 Å². The average molecular weight is 260 g/mol. The van der Waals surface area contributed by atoms with Gasteiger partial charge in [-0.25, -0.2) is 0 Å². The van der Waals surface area contributed by atoms with Crippen LogP contribution in [0.1, 0.15) is 18.4 Å². The van der Waals surface area contributed by atoms with Crippen molar-refractivity contribution in [2.45, 2.75) is 19.3 Å². The third-order valence-corrected chi connectivity index (χ3v) is 3.37. The van der Waals surface area contributed by atoms with Gasteiger partial charge in [-0.05, 0) is 38.1 Å². The summed E-state index contributed by atoms with van der Waals surface area (Å²) in [6.45, 7) is 1.77. The topological polar surface area (TPSA) is 56.3 Å². The Morgan fingerprint density at radius 2 is 2.11 bits per heavy atom. The van der Waals surface area contributed by atoms with Crippen molar-refractivity contribution in [1.82, 2.24) is 9.88 Å². The molecule has 1 aromatic carbocycles. The molecule has 0 aliphatic carbocycles. The lowest BCUT2D eigenvalue weighted by Gasteiger charge is -2.15. The SMILES string of the molecule is CN(CCCC(=O)O)CCc1c[nH]c2ccccc12. The number of rotatable bonds is 7. The van der Waals surface area contributed by atoms with Crippen LogP contribution in [0.5, 0.6) is 0 Å². The van der Waals surface area contributed by atoms with Gasteiger partial charge in [0.15, 0.2) is 0 Å². The summed E-state index contributed by atoms with van der Waals surface area (Å²) in [6.07, 6.45) is 4.00. The predicted molar refractivity (Wildman–Crippen MR) is 76.4 cm³/mol. The number of fused-ring (bicyclic) bond motifs is 1. The zero-order valence-electron chi connectivity index (χ0n) is 11.2. The van der Waals surface area contributed by atoms with Crippen molar-refractivity contribution in [3.63, 3.8) is 0 Å². The van der Waals surface area contributed by atoms with E-state index in [1.54, 1.807) is 0 Å². The van der Waals surface area contributed by atoms with Crippen LogP contribution in [-0.2, 0) is 11.2 Å². The Hall–Kier alpha value is -1.81. The van der Waals surface area contributed by atoms with E-state index in [-0.39, 0.29) is 6.42 Å². The average Bonchev–Trinajstić information content (AvgIpc) is 2.79. The number of nitrogens with zero attached hydrogens (tertiary/aromatic N) is 1. The zero-order chi connectivity index (χ0) is 13.7. The molecule has 1 aromatic heterocycles. The molecular weight excluding hydrogens is 240 g/mol. The van der Waals surface area contributed by atoms with E-state index in [2.05, 4.69) is 34.3 Å². The second kappa shape index (κ2) is 6.38. The van der Waals surface area contributed by atoms with Gasteiger partial charge in [-0.15, -0.1) is 0 Å². The van der Waals surface area contributed by atoms with E-state index >= 15 is 0 Å². The standard InChI is InChI=1S/C15H20N2O2/c1-17(9-4-7-15(18)19)10-8-12-11-16-14-6-3-2-5-13(12)14/h2-3,5-6,11,16H,4,7-10H2,1H3,(H,18,19). The van der Waals surface area contributed by atoms with E-state index in [4.69, 9.17) is 5.11 Å². The smallest absolute Gasteiger partial charge is 0.303 e. The number of aliphatic carboxylic acids is 1. The number of aromatic nitrogens is 1. The highest BCUT2D eigenvalue weighted by molar-refractivity contribution is 5.83. The molecule has 0 atom stereocenters. The van der Waals surface area contributed by atoms with E-state index < -0.39 is 5.97 Å². The minimum absolute atomic E-state index is 0.247. The predicted octanol–water partition coefficient (Wildman–Crippen LogP) is 2.51. The summed E-state index contributed by atoms with van der Waals surface area (Å²) in [5.41, 5.74) is 2.49. The number of para-hydroxylation sites is 1. The number of benzene rings is 1. The highest BCUT2D eigenvalue weighted by Crippen LogP contribution is 2.18. The maximum atomic E-state index is 10.4. The molecule has 0 saturated heterocycles. The Morgan fingerprint density at radius 1 is 1.32 bits per heavy atom. The molecular formula is C15H20N2O2. The van der Waals surface area contributed by atoms with Crippen LogP contribution < -0.4 is 0 Å². The highest BCUT2D eigenvalue weighted by Gasteiger charge is 2.05. The Balaban J connectivity index is 1.83. The van der Waals surface area contributed by atoms with Crippen LogP contribution in [0, 0.1) is 0 Å². The molecule has 2 rings (SSSR count). The van der Waals surface area contributed by atoms with Gasteiger partial charge in [0.05, 0.1) is 0 Å². The molecule has 4 heteroatoms. The number of carbonyl (C=O) groups is 1. The molecule has 0 spiro atoms. The Labute approximate surface area is 113 Å². The summed E-state index contributed by atoms with van der Waals surface area (Å²) < 4.78 is 0. The van der Waals surface area contributed by atoms with E-state index in [0.717, 1.165) is 19.5 Å². The van der Waals surface area contributed by atoms with Crippen LogP contribution >= 0.6 is 0 Å². The monoisotopic (exact) mass is 260 g/mol. The molecule has 0 amide bonds. The largest absolute Gasteiger partial charge is 0.481 e. The summed E-state index contributed by atoms with van der Waals surface area (Å²) in [5, 5.41) is 9.88. The summed E-state index contributed by atoms with van der Waals surface area (Å²) in [7, 11) is 2.04. The number of likely N-dealkylation sites (N-methyl/N-ethyl adjacent to an activating group) is 1. The maximum absolute atomic E-state index is 10.4. The van der Waals surface area contributed by atoms with Crippen molar-refractivity contribution in [3.05, 3.63) is 36.0 Å². The lowest BCUT2D eigenvalue weighted by Crippen LogP contribution is -2.22. The van der Waals surface area contributed by atoms with Gasteiger partial charge in [-0.1, -0.05) is 18.2 Å². The zero-order valence-corrected chi connectivity index (χ0v) is 11.2. The van der Waals surface area contributed by atoms with E-state index in [1.165, 1.54) is 16.5 Å². The Morgan fingerprint density at radius 3 is 2.89 bits per heavy atom. The molecule has 0 fully saturated rings. The third kappa shape index (κ3) is 3.83. The third-order valence-electron chi connectivity index (χ3n) is 3.37. The van der Waals surface area contributed by atoms with E-state index in [9.17, 15) is 4.79 Å². The quantitative estimate of drug-likeness (QED) is 0.804. The van der Waals surface area contributed by atoms with Crippen molar-refractivity contribution in [1.29, 1.82) is 0 Å². The fourth-order valence-electron chi connectivity index (χ4n) is 2.26. The molecule has 0 aliphatic heterocycles. The van der Waals surface area contributed by atoms with Crippen LogP contribution in [0.4, 0.5) is 0 Å². The second-order valence-corrected chi connectivity index (χ2v) is 4.91. The lowest BCUT2D eigenvalue weighted by molar-refractivity contribution is -0.137. The van der Waals surface area contributed by atoms with Crippen LogP contribution in [0.2, 0.25) is 0 Å². The molecule has 2 aromatic rings. The summed E-state index contributed by atoms with van der Waals surface area (Å²) >= 11 is 0. The number of carboxylic acids is 1. The first kappa shape index (κ1) is 13.6. The fraction of sp³-hybridized carbons (Fsp3) is 0.400. The van der Waals surface area contributed by atoms with Gasteiger partial charge in [0.25, 0.3) is 0 Å². The number of hydrogen-bond donors (Lipinski definition) is 2. The van der Waals surface area contributed by atoms with E-state index in [1.807, 2.05) is 13.1 Å². The number of hydrogen-bond acceptors (Lipinski definition) is 2. The van der Waals surface area contributed by atoms with Crippen LogP contribution in [0.15, 0.2) is 30.5 Å². The Bertz CT molecular complexity index is 548.